The van der Waals surface area contributed by atoms with E-state index < -0.39 is 18.0 Å². The fourth-order valence-corrected chi connectivity index (χ4v) is 1.34. The molecule has 17 heavy (non-hydrogen) atoms. The Hall–Kier alpha value is -1.69. The number of nitrogens with zero attached hydrogens (tertiary/aromatic N) is 4. The predicted molar refractivity (Wildman–Crippen MR) is 58.5 cm³/mol. The van der Waals surface area contributed by atoms with Gasteiger partial charge in [0, 0.05) is 17.2 Å². The van der Waals surface area contributed by atoms with Gasteiger partial charge in [-0.15, -0.1) is 0 Å². The third-order valence-electron chi connectivity index (χ3n) is 2.25. The van der Waals surface area contributed by atoms with Gasteiger partial charge in [0.2, 0.25) is 0 Å². The smallest absolute Gasteiger partial charge is 0.147 e. The largest absolute Gasteiger partial charge is 0.390 e. The Morgan fingerprint density at radius 2 is 2.24 bits per heavy atom. The van der Waals surface area contributed by atoms with E-state index in [0.29, 0.717) is 5.69 Å². The maximum atomic E-state index is 13.4. The van der Waals surface area contributed by atoms with E-state index in [2.05, 4.69) is 15.0 Å². The van der Waals surface area contributed by atoms with E-state index in [0.717, 1.165) is 0 Å². The number of azide groups is 1. The number of rotatable bonds is 5. The zero-order valence-corrected chi connectivity index (χ0v) is 9.28. The van der Waals surface area contributed by atoms with Crippen LogP contribution in [0.5, 0.6) is 0 Å². The second-order valence-electron chi connectivity index (χ2n) is 3.58. The minimum absolute atomic E-state index is 0.0299. The molecule has 0 bridgehead atoms. The lowest BCUT2D eigenvalue weighted by atomic mass is 10.1. The Kier molecular flexibility index (Phi) is 4.84. The molecule has 6 nitrogen and oxygen atoms in total. The molecule has 0 aliphatic heterocycles. The van der Waals surface area contributed by atoms with Crippen molar-refractivity contribution >= 4 is 0 Å². The summed E-state index contributed by atoms with van der Waals surface area (Å²) < 4.78 is 13.4. The van der Waals surface area contributed by atoms with Crippen LogP contribution in [0.1, 0.15) is 23.9 Å². The molecule has 0 radical (unpaired) electrons. The molecule has 2 atom stereocenters. The summed E-state index contributed by atoms with van der Waals surface area (Å²) in [6, 6.07) is 2.65. The number of pyridine rings is 1. The van der Waals surface area contributed by atoms with Gasteiger partial charge in [0.1, 0.15) is 17.6 Å². The van der Waals surface area contributed by atoms with Gasteiger partial charge in [0.15, 0.2) is 0 Å². The van der Waals surface area contributed by atoms with Crippen molar-refractivity contribution in [3.8, 4) is 0 Å². The topological polar surface area (TPSA) is 102 Å². The highest BCUT2D eigenvalue weighted by Gasteiger charge is 2.22. The van der Waals surface area contributed by atoms with Crippen LogP contribution in [0.4, 0.5) is 4.39 Å². The molecule has 2 N–H and O–H groups in total. The molecule has 1 heterocycles. The summed E-state index contributed by atoms with van der Waals surface area (Å²) in [4.78, 5) is 6.35. The summed E-state index contributed by atoms with van der Waals surface area (Å²) in [5, 5.41) is 22.5. The van der Waals surface area contributed by atoms with Crippen molar-refractivity contribution in [1.82, 2.24) is 4.98 Å². The Bertz CT molecular complexity index is 434. The molecule has 2 unspecified atom stereocenters. The molecule has 0 saturated carbocycles. The quantitative estimate of drug-likeness (QED) is 0.464. The predicted octanol–water partition coefficient (Wildman–Crippen LogP) is 1.62. The molecular weight excluding hydrogens is 227 g/mol. The van der Waals surface area contributed by atoms with E-state index in [4.69, 9.17) is 5.53 Å². The molecular formula is C10H13FN4O2. The molecule has 0 aromatic carbocycles. The Labute approximate surface area is 97.4 Å². The summed E-state index contributed by atoms with van der Waals surface area (Å²) in [6.45, 7) is 1.68. The van der Waals surface area contributed by atoms with Crippen LogP contribution in [0.2, 0.25) is 0 Å². The molecule has 0 spiro atoms. The summed E-state index contributed by atoms with van der Waals surface area (Å²) in [7, 11) is 0. The van der Waals surface area contributed by atoms with Crippen LogP contribution in [0, 0.1) is 12.7 Å². The van der Waals surface area contributed by atoms with Crippen molar-refractivity contribution in [2.75, 3.05) is 6.54 Å². The van der Waals surface area contributed by atoms with Gasteiger partial charge in [0.25, 0.3) is 0 Å². The lowest BCUT2D eigenvalue weighted by Gasteiger charge is -2.17. The fraction of sp³-hybridized carbons (Fsp3) is 0.500. The van der Waals surface area contributed by atoms with Crippen molar-refractivity contribution in [3.05, 3.63) is 39.8 Å². The average molecular weight is 240 g/mol. The van der Waals surface area contributed by atoms with Gasteiger partial charge in [0.05, 0.1) is 6.10 Å². The third-order valence-corrected chi connectivity index (χ3v) is 2.25. The monoisotopic (exact) mass is 240 g/mol. The maximum Gasteiger partial charge on any atom is 0.147 e. The summed E-state index contributed by atoms with van der Waals surface area (Å²) in [5.41, 5.74) is 8.41. The normalized spacial score (nSPS) is 13.9. The Morgan fingerprint density at radius 1 is 1.53 bits per heavy atom. The van der Waals surface area contributed by atoms with Gasteiger partial charge in [-0.2, -0.15) is 0 Å². The standard InChI is InChI=1S/C10H13FN4O2/c1-6-2-3-7(11)9(14-6)10(17)8(16)4-5-13-15-12/h2-3,8,10,16-17H,4-5H2,1H3. The fourth-order valence-electron chi connectivity index (χ4n) is 1.34. The van der Waals surface area contributed by atoms with Crippen LogP contribution in [-0.4, -0.2) is 27.8 Å². The molecule has 0 aliphatic carbocycles. The van der Waals surface area contributed by atoms with Crippen LogP contribution < -0.4 is 0 Å². The summed E-state index contributed by atoms with van der Waals surface area (Å²) in [6.07, 6.45) is -2.60. The highest BCUT2D eigenvalue weighted by atomic mass is 19.1. The maximum absolute atomic E-state index is 13.4. The third kappa shape index (κ3) is 3.67. The minimum Gasteiger partial charge on any atom is -0.390 e. The van der Waals surface area contributed by atoms with Crippen LogP contribution in [0.25, 0.3) is 10.4 Å². The van der Waals surface area contributed by atoms with Crippen molar-refractivity contribution in [3.63, 3.8) is 0 Å². The second kappa shape index (κ2) is 6.15. The lowest BCUT2D eigenvalue weighted by Crippen LogP contribution is -2.21. The zero-order valence-electron chi connectivity index (χ0n) is 9.28. The number of aromatic nitrogens is 1. The van der Waals surface area contributed by atoms with Gasteiger partial charge in [-0.1, -0.05) is 5.11 Å². The van der Waals surface area contributed by atoms with Crippen molar-refractivity contribution in [2.45, 2.75) is 25.6 Å². The van der Waals surface area contributed by atoms with Crippen LogP contribution in [0.15, 0.2) is 17.2 Å². The Balaban J connectivity index is 2.76. The first kappa shape index (κ1) is 13.4. The lowest BCUT2D eigenvalue weighted by molar-refractivity contribution is 0.0102. The minimum atomic E-state index is -1.43. The SMILES string of the molecule is Cc1ccc(F)c(C(O)C(O)CCN=[N+]=[N-])n1. The van der Waals surface area contributed by atoms with E-state index in [1.807, 2.05) is 0 Å². The van der Waals surface area contributed by atoms with Gasteiger partial charge in [-0.05, 0) is 31.0 Å². The molecule has 1 aromatic heterocycles. The van der Waals surface area contributed by atoms with Crippen LogP contribution in [0.3, 0.4) is 0 Å². The zero-order chi connectivity index (χ0) is 12.8. The number of hydrogen-bond acceptors (Lipinski definition) is 4. The van der Waals surface area contributed by atoms with Crippen molar-refractivity contribution in [2.24, 2.45) is 5.11 Å². The average Bonchev–Trinajstić information content (AvgIpc) is 2.31. The number of halogens is 1. The van der Waals surface area contributed by atoms with E-state index >= 15 is 0 Å². The number of hydrogen-bond donors (Lipinski definition) is 2. The first-order chi connectivity index (χ1) is 8.06. The number of aliphatic hydroxyl groups is 2. The van der Waals surface area contributed by atoms with Crippen LogP contribution in [-0.2, 0) is 0 Å². The molecule has 7 heteroatoms. The first-order valence-electron chi connectivity index (χ1n) is 5.06. The van der Waals surface area contributed by atoms with Gasteiger partial charge < -0.3 is 10.2 Å². The summed E-state index contributed by atoms with van der Waals surface area (Å²) in [5.74, 6) is -0.675. The van der Waals surface area contributed by atoms with Crippen molar-refractivity contribution in [1.29, 1.82) is 0 Å². The van der Waals surface area contributed by atoms with E-state index in [-0.39, 0.29) is 18.7 Å². The molecule has 0 fully saturated rings. The van der Waals surface area contributed by atoms with Crippen molar-refractivity contribution < 1.29 is 14.6 Å². The number of aliphatic hydroxyl groups excluding tert-OH is 2. The van der Waals surface area contributed by atoms with Gasteiger partial charge >= 0.3 is 0 Å². The molecule has 0 saturated heterocycles. The summed E-state index contributed by atoms with van der Waals surface area (Å²) >= 11 is 0. The van der Waals surface area contributed by atoms with E-state index in [1.165, 1.54) is 12.1 Å². The molecule has 0 aliphatic rings. The van der Waals surface area contributed by atoms with Crippen LogP contribution >= 0.6 is 0 Å². The van der Waals surface area contributed by atoms with Gasteiger partial charge in [-0.3, -0.25) is 4.98 Å². The molecule has 1 aromatic rings. The number of aryl methyl sites for hydroxylation is 1. The highest BCUT2D eigenvalue weighted by Crippen LogP contribution is 2.20. The Morgan fingerprint density at radius 3 is 2.88 bits per heavy atom. The second-order valence-corrected chi connectivity index (χ2v) is 3.58. The van der Waals surface area contributed by atoms with E-state index in [9.17, 15) is 14.6 Å². The molecule has 0 amide bonds. The van der Waals surface area contributed by atoms with Gasteiger partial charge in [-0.25, -0.2) is 4.39 Å². The molecule has 92 valence electrons. The first-order valence-corrected chi connectivity index (χ1v) is 5.06. The molecule has 1 rings (SSSR count). The van der Waals surface area contributed by atoms with E-state index in [1.54, 1.807) is 6.92 Å². The highest BCUT2D eigenvalue weighted by molar-refractivity contribution is 5.15.